The molecule has 0 aromatic carbocycles. The molecule has 2 amide bonds. The van der Waals surface area contributed by atoms with Crippen LogP contribution in [0.5, 0.6) is 0 Å². The largest absolute Gasteiger partial charge is 0.480 e. The molecule has 0 spiro atoms. The lowest BCUT2D eigenvalue weighted by molar-refractivity contribution is -0.139. The lowest BCUT2D eigenvalue weighted by Gasteiger charge is -2.28. The van der Waals surface area contributed by atoms with E-state index >= 15 is 0 Å². The van der Waals surface area contributed by atoms with Gasteiger partial charge in [0.1, 0.15) is 6.04 Å². The van der Waals surface area contributed by atoms with Gasteiger partial charge in [0, 0.05) is 26.1 Å². The standard InChI is InChI=1S/C9H16N2O6S/c12-4-1-7(8(13)14)10-9(15)11-2-5-18(16,17)6-3-11/h7,12H,1-6H2,(H,10,15)(H,13,14)/t7-/m1/s1. The molecule has 3 N–H and O–H groups in total. The number of nitrogens with zero attached hydrogens (tertiary/aromatic N) is 1. The molecule has 9 heteroatoms. The first-order valence-electron chi connectivity index (χ1n) is 5.45. The molecule has 8 nitrogen and oxygen atoms in total. The summed E-state index contributed by atoms with van der Waals surface area (Å²) in [6, 6.07) is -1.79. The highest BCUT2D eigenvalue weighted by atomic mass is 32.2. The summed E-state index contributed by atoms with van der Waals surface area (Å²) in [5.74, 6) is -1.46. The number of sulfone groups is 1. The smallest absolute Gasteiger partial charge is 0.326 e. The number of hydrogen-bond acceptors (Lipinski definition) is 5. The maximum Gasteiger partial charge on any atom is 0.326 e. The Morgan fingerprint density at radius 2 is 1.83 bits per heavy atom. The average molecular weight is 280 g/mol. The van der Waals surface area contributed by atoms with Crippen LogP contribution in [0.25, 0.3) is 0 Å². The number of carbonyl (C=O) groups excluding carboxylic acids is 1. The van der Waals surface area contributed by atoms with Gasteiger partial charge in [-0.2, -0.15) is 0 Å². The zero-order valence-electron chi connectivity index (χ0n) is 9.70. The first-order valence-corrected chi connectivity index (χ1v) is 7.27. The number of amides is 2. The van der Waals surface area contributed by atoms with E-state index in [0.717, 1.165) is 0 Å². The van der Waals surface area contributed by atoms with Crippen molar-refractivity contribution in [2.45, 2.75) is 12.5 Å². The molecule has 1 saturated heterocycles. The predicted molar refractivity (Wildman–Crippen MR) is 61.9 cm³/mol. The van der Waals surface area contributed by atoms with E-state index in [1.54, 1.807) is 0 Å². The van der Waals surface area contributed by atoms with Crippen molar-refractivity contribution < 1.29 is 28.2 Å². The zero-order valence-corrected chi connectivity index (χ0v) is 10.5. The second kappa shape index (κ2) is 6.01. The van der Waals surface area contributed by atoms with Crippen LogP contribution in [0.3, 0.4) is 0 Å². The number of nitrogens with one attached hydrogen (secondary N) is 1. The molecule has 0 aromatic heterocycles. The van der Waals surface area contributed by atoms with Gasteiger partial charge in [-0.05, 0) is 0 Å². The van der Waals surface area contributed by atoms with Gasteiger partial charge in [0.25, 0.3) is 0 Å². The number of rotatable bonds is 4. The van der Waals surface area contributed by atoms with Crippen molar-refractivity contribution in [2.75, 3.05) is 31.2 Å². The number of carbonyl (C=O) groups is 2. The highest BCUT2D eigenvalue weighted by molar-refractivity contribution is 7.91. The zero-order chi connectivity index (χ0) is 13.8. The van der Waals surface area contributed by atoms with Crippen LogP contribution in [0.2, 0.25) is 0 Å². The van der Waals surface area contributed by atoms with Crippen LogP contribution >= 0.6 is 0 Å². The van der Waals surface area contributed by atoms with Gasteiger partial charge in [-0.25, -0.2) is 18.0 Å². The van der Waals surface area contributed by atoms with Gasteiger partial charge in [-0.15, -0.1) is 0 Å². The summed E-state index contributed by atoms with van der Waals surface area (Å²) in [5, 5.41) is 19.7. The molecular formula is C9H16N2O6S. The quantitative estimate of drug-likeness (QED) is 0.561. The minimum absolute atomic E-state index is 0.0552. The molecule has 0 radical (unpaired) electrons. The number of hydrogen-bond donors (Lipinski definition) is 3. The van der Waals surface area contributed by atoms with Gasteiger partial charge in [0.2, 0.25) is 0 Å². The van der Waals surface area contributed by atoms with Crippen LogP contribution < -0.4 is 5.32 Å². The Morgan fingerprint density at radius 1 is 1.28 bits per heavy atom. The molecule has 1 rings (SSSR count). The molecule has 0 saturated carbocycles. The monoisotopic (exact) mass is 280 g/mol. The van der Waals surface area contributed by atoms with E-state index in [4.69, 9.17) is 10.2 Å². The number of aliphatic carboxylic acids is 1. The van der Waals surface area contributed by atoms with Crippen molar-refractivity contribution in [3.8, 4) is 0 Å². The highest BCUT2D eigenvalue weighted by Crippen LogP contribution is 2.04. The van der Waals surface area contributed by atoms with E-state index in [-0.39, 0.29) is 37.6 Å². The van der Waals surface area contributed by atoms with Gasteiger partial charge >= 0.3 is 12.0 Å². The molecule has 1 aliphatic rings. The number of carboxylic acid groups (broad SMARTS) is 1. The van der Waals surface area contributed by atoms with Crippen LogP contribution in [0.1, 0.15) is 6.42 Å². The molecule has 1 fully saturated rings. The first kappa shape index (κ1) is 14.7. The summed E-state index contributed by atoms with van der Waals surface area (Å²) in [5.41, 5.74) is 0. The Kier molecular flexibility index (Phi) is 4.91. The van der Waals surface area contributed by atoms with Gasteiger partial charge in [0.05, 0.1) is 11.5 Å². The molecule has 1 aliphatic heterocycles. The molecule has 0 aromatic rings. The van der Waals surface area contributed by atoms with Gasteiger partial charge in [-0.3, -0.25) is 0 Å². The Balaban J connectivity index is 2.52. The Morgan fingerprint density at radius 3 is 2.28 bits per heavy atom. The Bertz CT molecular complexity index is 407. The van der Waals surface area contributed by atoms with Gasteiger partial charge in [-0.1, -0.05) is 0 Å². The second-order valence-corrected chi connectivity index (χ2v) is 6.30. The third-order valence-corrected chi connectivity index (χ3v) is 4.25. The summed E-state index contributed by atoms with van der Waals surface area (Å²) in [7, 11) is -3.08. The number of urea groups is 1. The molecule has 1 heterocycles. The fraction of sp³-hybridized carbons (Fsp3) is 0.778. The average Bonchev–Trinajstić information content (AvgIpc) is 2.28. The SMILES string of the molecule is O=C(O)[C@@H](CCO)NC(=O)N1CCS(=O)(=O)CC1. The van der Waals surface area contributed by atoms with Crippen molar-refractivity contribution in [2.24, 2.45) is 0 Å². The minimum atomic E-state index is -3.08. The van der Waals surface area contributed by atoms with Crippen molar-refractivity contribution in [1.82, 2.24) is 10.2 Å². The summed E-state index contributed by atoms with van der Waals surface area (Å²) in [6.45, 7) is -0.245. The normalized spacial score (nSPS) is 20.2. The Hall–Kier alpha value is -1.35. The van der Waals surface area contributed by atoms with E-state index in [1.165, 1.54) is 4.90 Å². The summed E-state index contributed by atoms with van der Waals surface area (Å²) >= 11 is 0. The van der Waals surface area contributed by atoms with E-state index in [0.29, 0.717) is 0 Å². The molecule has 1 atom stereocenters. The second-order valence-electron chi connectivity index (χ2n) is 3.99. The molecule has 104 valence electrons. The minimum Gasteiger partial charge on any atom is -0.480 e. The topological polar surface area (TPSA) is 124 Å². The number of aliphatic hydroxyl groups excluding tert-OH is 1. The van der Waals surface area contributed by atoms with Crippen molar-refractivity contribution in [3.05, 3.63) is 0 Å². The van der Waals surface area contributed by atoms with Crippen LogP contribution in [-0.4, -0.2) is 72.8 Å². The van der Waals surface area contributed by atoms with Crippen LogP contribution in [0, 0.1) is 0 Å². The molecule has 0 unspecified atom stereocenters. The molecule has 0 bridgehead atoms. The summed E-state index contributed by atoms with van der Waals surface area (Å²) in [4.78, 5) is 23.7. The maximum absolute atomic E-state index is 11.7. The van der Waals surface area contributed by atoms with Crippen LogP contribution in [0.4, 0.5) is 4.79 Å². The Labute approximate surface area is 104 Å². The van der Waals surface area contributed by atoms with Crippen molar-refractivity contribution in [3.63, 3.8) is 0 Å². The van der Waals surface area contributed by atoms with E-state index in [9.17, 15) is 18.0 Å². The third-order valence-electron chi connectivity index (χ3n) is 2.65. The third kappa shape index (κ3) is 4.15. The molecular weight excluding hydrogens is 264 g/mol. The van der Waals surface area contributed by atoms with Gasteiger partial charge < -0.3 is 20.4 Å². The maximum atomic E-state index is 11.7. The number of carboxylic acids is 1. The van der Waals surface area contributed by atoms with Crippen molar-refractivity contribution >= 4 is 21.8 Å². The first-order chi connectivity index (χ1) is 8.35. The molecule has 0 aliphatic carbocycles. The van der Waals surface area contributed by atoms with E-state index in [2.05, 4.69) is 5.32 Å². The van der Waals surface area contributed by atoms with Crippen molar-refractivity contribution in [1.29, 1.82) is 0 Å². The van der Waals surface area contributed by atoms with Gasteiger partial charge in [0.15, 0.2) is 9.84 Å². The summed E-state index contributed by atoms with van der Waals surface area (Å²) in [6.07, 6.45) is -0.0901. The fourth-order valence-corrected chi connectivity index (χ4v) is 2.74. The van der Waals surface area contributed by atoms with Crippen LogP contribution in [-0.2, 0) is 14.6 Å². The summed E-state index contributed by atoms with van der Waals surface area (Å²) < 4.78 is 22.3. The number of aliphatic hydroxyl groups is 1. The fourth-order valence-electron chi connectivity index (χ4n) is 1.54. The van der Waals surface area contributed by atoms with E-state index in [1.807, 2.05) is 0 Å². The lowest BCUT2D eigenvalue weighted by atomic mass is 10.2. The molecule has 18 heavy (non-hydrogen) atoms. The van der Waals surface area contributed by atoms with Crippen LogP contribution in [0.15, 0.2) is 0 Å². The predicted octanol–water partition coefficient (Wildman–Crippen LogP) is -1.74. The highest BCUT2D eigenvalue weighted by Gasteiger charge is 2.27. The van der Waals surface area contributed by atoms with E-state index < -0.39 is 27.9 Å². The lowest BCUT2D eigenvalue weighted by Crippen LogP contribution is -2.52.